The highest BCUT2D eigenvalue weighted by molar-refractivity contribution is 5.79. The Labute approximate surface area is 70.8 Å². The quantitative estimate of drug-likeness (QED) is 0.292. The normalized spacial score (nSPS) is 9.25. The maximum atomic E-state index is 10.8. The topological polar surface area (TPSA) is 101 Å². The summed E-state index contributed by atoms with van der Waals surface area (Å²) in [6.07, 6.45) is 0.721. The third kappa shape index (κ3) is 3.89. The van der Waals surface area contributed by atoms with E-state index in [1.807, 2.05) is 5.43 Å². The third-order valence-corrected chi connectivity index (χ3v) is 1.41. The lowest BCUT2D eigenvalue weighted by Crippen LogP contribution is -2.48. The van der Waals surface area contributed by atoms with Crippen molar-refractivity contribution in [3.05, 3.63) is 0 Å². The Morgan fingerprint density at radius 2 is 2.08 bits per heavy atom. The Kier molecular flexibility index (Phi) is 4.98. The van der Waals surface area contributed by atoms with E-state index in [1.54, 1.807) is 6.92 Å². The number of amides is 2. The number of hydrogen-bond donors (Lipinski definition) is 3. The van der Waals surface area contributed by atoms with E-state index in [0.29, 0.717) is 6.42 Å². The molecule has 0 aliphatic heterocycles. The van der Waals surface area contributed by atoms with Gasteiger partial charge in [-0.25, -0.2) is 16.5 Å². The molecule has 6 heteroatoms. The fraction of sp³-hybridized carbons (Fsp3) is 0.667. The fourth-order valence-corrected chi connectivity index (χ4v) is 0.606. The van der Waals surface area contributed by atoms with Gasteiger partial charge in [-0.2, -0.15) is 0 Å². The summed E-state index contributed by atoms with van der Waals surface area (Å²) in [5, 5.41) is 0.869. The number of nitrogens with two attached hydrogens (primary N) is 2. The van der Waals surface area contributed by atoms with E-state index in [4.69, 9.17) is 11.7 Å². The number of carbonyl (C=O) groups is 2. The molecule has 0 heterocycles. The monoisotopic (exact) mass is 174 g/mol. The smallest absolute Gasteiger partial charge is 0.300 e. The zero-order chi connectivity index (χ0) is 9.56. The Balaban J connectivity index is 3.63. The summed E-state index contributed by atoms with van der Waals surface area (Å²) in [5.41, 5.74) is 1.86. The summed E-state index contributed by atoms with van der Waals surface area (Å²) in [6.45, 7) is 1.95. The first kappa shape index (κ1) is 10.9. The summed E-state index contributed by atoms with van der Waals surface area (Å²) >= 11 is 0. The van der Waals surface area contributed by atoms with Gasteiger partial charge in [-0.05, 0) is 0 Å². The van der Waals surface area contributed by atoms with Gasteiger partial charge in [0, 0.05) is 19.4 Å². The van der Waals surface area contributed by atoms with Crippen molar-refractivity contribution >= 4 is 11.8 Å². The van der Waals surface area contributed by atoms with Gasteiger partial charge < -0.3 is 0 Å². The molecule has 6 nitrogen and oxygen atoms in total. The molecule has 0 saturated carbocycles. The van der Waals surface area contributed by atoms with Crippen LogP contribution in [0.1, 0.15) is 19.8 Å². The van der Waals surface area contributed by atoms with Gasteiger partial charge in [-0.15, -0.1) is 0 Å². The van der Waals surface area contributed by atoms with Gasteiger partial charge in [0.05, 0.1) is 0 Å². The third-order valence-electron chi connectivity index (χ3n) is 1.41. The number of hydrazine groups is 2. The van der Waals surface area contributed by atoms with Crippen LogP contribution < -0.4 is 17.1 Å². The van der Waals surface area contributed by atoms with E-state index < -0.39 is 6.03 Å². The van der Waals surface area contributed by atoms with Crippen LogP contribution in [-0.4, -0.2) is 23.4 Å². The van der Waals surface area contributed by atoms with Crippen LogP contribution in [0.4, 0.5) is 4.79 Å². The van der Waals surface area contributed by atoms with Gasteiger partial charge in [-0.1, -0.05) is 6.92 Å². The summed E-state index contributed by atoms with van der Waals surface area (Å²) in [7, 11) is 0. The number of Topliss-reactive ketones (excluding diaryl/α,β-unsaturated/α-hetero) is 1. The molecular formula is C6H14N4O2. The Bertz CT molecular complexity index is 171. The molecule has 0 aliphatic carbocycles. The van der Waals surface area contributed by atoms with Gasteiger partial charge in [0.15, 0.2) is 0 Å². The van der Waals surface area contributed by atoms with E-state index in [0.717, 1.165) is 5.01 Å². The summed E-state index contributed by atoms with van der Waals surface area (Å²) < 4.78 is 0. The molecule has 0 unspecified atom stereocenters. The predicted molar refractivity (Wildman–Crippen MR) is 43.5 cm³/mol. The molecule has 0 bridgehead atoms. The van der Waals surface area contributed by atoms with E-state index in [2.05, 4.69) is 0 Å². The lowest BCUT2D eigenvalue weighted by atomic mass is 10.2. The number of urea groups is 1. The van der Waals surface area contributed by atoms with Crippen molar-refractivity contribution in [3.8, 4) is 0 Å². The van der Waals surface area contributed by atoms with Crippen LogP contribution in [0.25, 0.3) is 0 Å². The SMILES string of the molecule is CCC(=O)CCN(N)C(=O)NN. The van der Waals surface area contributed by atoms with Gasteiger partial charge in [0.25, 0.3) is 0 Å². The maximum Gasteiger partial charge on any atom is 0.345 e. The molecule has 0 aromatic heterocycles. The van der Waals surface area contributed by atoms with E-state index in [1.165, 1.54) is 0 Å². The molecule has 0 radical (unpaired) electrons. The predicted octanol–water partition coefficient (Wildman–Crippen LogP) is -0.885. The molecule has 0 aliphatic rings. The molecule has 0 aromatic rings. The summed E-state index contributed by atoms with van der Waals surface area (Å²) in [5.74, 6) is 10.1. The lowest BCUT2D eigenvalue weighted by molar-refractivity contribution is -0.118. The minimum Gasteiger partial charge on any atom is -0.300 e. The number of rotatable bonds is 4. The van der Waals surface area contributed by atoms with Crippen molar-refractivity contribution in [2.24, 2.45) is 11.7 Å². The van der Waals surface area contributed by atoms with Crippen LogP contribution in [-0.2, 0) is 4.79 Å². The average Bonchev–Trinajstić information content (AvgIpc) is 2.11. The summed E-state index contributed by atoms with van der Waals surface area (Å²) in [4.78, 5) is 21.4. The maximum absolute atomic E-state index is 10.8. The standard InChI is InChI=1S/C6H14N4O2/c1-2-5(11)3-4-10(8)6(12)9-7/h2-4,7-8H2,1H3,(H,9,12). The molecule has 0 atom stereocenters. The van der Waals surface area contributed by atoms with E-state index >= 15 is 0 Å². The van der Waals surface area contributed by atoms with Gasteiger partial charge >= 0.3 is 6.03 Å². The molecular weight excluding hydrogens is 160 g/mol. The molecule has 0 rings (SSSR count). The largest absolute Gasteiger partial charge is 0.345 e. The van der Waals surface area contributed by atoms with Crippen LogP contribution in [0.3, 0.4) is 0 Å². The van der Waals surface area contributed by atoms with Gasteiger partial charge in [0.1, 0.15) is 5.78 Å². The first-order valence-electron chi connectivity index (χ1n) is 3.66. The molecule has 70 valence electrons. The minimum absolute atomic E-state index is 0.0651. The number of nitrogens with one attached hydrogen (secondary N) is 1. The molecule has 0 fully saturated rings. The van der Waals surface area contributed by atoms with Gasteiger partial charge in [-0.3, -0.25) is 15.2 Å². The highest BCUT2D eigenvalue weighted by Gasteiger charge is 2.07. The second-order valence-electron chi connectivity index (χ2n) is 2.29. The summed E-state index contributed by atoms with van der Waals surface area (Å²) in [6, 6.07) is -0.598. The zero-order valence-electron chi connectivity index (χ0n) is 7.04. The van der Waals surface area contributed by atoms with Crippen molar-refractivity contribution in [1.82, 2.24) is 10.4 Å². The van der Waals surface area contributed by atoms with Crippen LogP contribution in [0.15, 0.2) is 0 Å². The first-order chi connectivity index (χ1) is 5.61. The highest BCUT2D eigenvalue weighted by Crippen LogP contribution is 1.90. The zero-order valence-corrected chi connectivity index (χ0v) is 7.04. The number of ketones is 1. The van der Waals surface area contributed by atoms with Crippen LogP contribution in [0.5, 0.6) is 0 Å². The van der Waals surface area contributed by atoms with Crippen LogP contribution in [0.2, 0.25) is 0 Å². The van der Waals surface area contributed by atoms with Crippen molar-refractivity contribution < 1.29 is 9.59 Å². The van der Waals surface area contributed by atoms with E-state index in [-0.39, 0.29) is 18.7 Å². The number of carbonyl (C=O) groups excluding carboxylic acids is 2. The molecule has 12 heavy (non-hydrogen) atoms. The van der Waals surface area contributed by atoms with E-state index in [9.17, 15) is 9.59 Å². The number of hydrogen-bond acceptors (Lipinski definition) is 4. The molecule has 0 aromatic carbocycles. The van der Waals surface area contributed by atoms with Gasteiger partial charge in [0.2, 0.25) is 0 Å². The van der Waals surface area contributed by atoms with Crippen molar-refractivity contribution in [1.29, 1.82) is 0 Å². The van der Waals surface area contributed by atoms with Crippen molar-refractivity contribution in [2.75, 3.05) is 6.54 Å². The van der Waals surface area contributed by atoms with Crippen LogP contribution >= 0.6 is 0 Å². The first-order valence-corrected chi connectivity index (χ1v) is 3.66. The molecule has 0 saturated heterocycles. The Morgan fingerprint density at radius 1 is 1.50 bits per heavy atom. The van der Waals surface area contributed by atoms with Crippen LogP contribution in [0, 0.1) is 0 Å². The Morgan fingerprint density at radius 3 is 2.50 bits per heavy atom. The lowest BCUT2D eigenvalue weighted by Gasteiger charge is -2.14. The minimum atomic E-state index is -0.598. The second-order valence-corrected chi connectivity index (χ2v) is 2.29. The molecule has 2 amide bonds. The highest BCUT2D eigenvalue weighted by atomic mass is 16.2. The number of nitrogens with zero attached hydrogens (tertiary/aromatic N) is 1. The Hall–Kier alpha value is -1.14. The average molecular weight is 174 g/mol. The molecule has 0 spiro atoms. The fourth-order valence-electron chi connectivity index (χ4n) is 0.606. The molecule has 5 N–H and O–H groups in total. The van der Waals surface area contributed by atoms with Crippen molar-refractivity contribution in [3.63, 3.8) is 0 Å². The van der Waals surface area contributed by atoms with Crippen molar-refractivity contribution in [2.45, 2.75) is 19.8 Å². The second kappa shape index (κ2) is 5.50.